The minimum absolute atomic E-state index is 0.0588. The van der Waals surface area contributed by atoms with Gasteiger partial charge < -0.3 is 14.9 Å². The van der Waals surface area contributed by atoms with E-state index in [1.807, 2.05) is 24.3 Å². The van der Waals surface area contributed by atoms with E-state index in [0.717, 1.165) is 50.6 Å². The number of methoxy groups -OCH3 is 1. The van der Waals surface area contributed by atoms with Gasteiger partial charge in [-0.3, -0.25) is 4.90 Å². The molecule has 0 unspecified atom stereocenters. The Balaban J connectivity index is 1.75. The zero-order valence-corrected chi connectivity index (χ0v) is 20.3. The van der Waals surface area contributed by atoms with Crippen molar-refractivity contribution < 1.29 is 14.9 Å². The van der Waals surface area contributed by atoms with E-state index in [1.165, 1.54) is 11.1 Å². The van der Waals surface area contributed by atoms with Gasteiger partial charge >= 0.3 is 0 Å². The second kappa shape index (κ2) is 8.24. The Morgan fingerprint density at radius 3 is 2.61 bits per heavy atom. The van der Waals surface area contributed by atoms with E-state index >= 15 is 0 Å². The monoisotopic (exact) mass is 543 g/mol. The van der Waals surface area contributed by atoms with Crippen molar-refractivity contribution in [2.45, 2.75) is 31.5 Å². The summed E-state index contributed by atoms with van der Waals surface area (Å²) in [7, 11) is 1.59. The van der Waals surface area contributed by atoms with Crippen LogP contribution in [-0.2, 0) is 19.4 Å². The number of benzene rings is 3. The molecule has 160 valence electrons. The topological polar surface area (TPSA) is 52.9 Å². The first-order chi connectivity index (χ1) is 15.0. The molecule has 31 heavy (non-hydrogen) atoms. The summed E-state index contributed by atoms with van der Waals surface area (Å²) in [6, 6.07) is 16.5. The van der Waals surface area contributed by atoms with Crippen molar-refractivity contribution in [1.82, 2.24) is 4.90 Å². The van der Waals surface area contributed by atoms with Crippen LogP contribution in [0.2, 0.25) is 0 Å². The molecule has 0 saturated carbocycles. The second-order valence-corrected chi connectivity index (χ2v) is 9.83. The van der Waals surface area contributed by atoms with Crippen LogP contribution in [0.3, 0.4) is 0 Å². The van der Waals surface area contributed by atoms with E-state index < -0.39 is 0 Å². The van der Waals surface area contributed by atoms with Gasteiger partial charge in [0.05, 0.1) is 19.8 Å². The number of fused-ring (bicyclic) bond motifs is 4. The Morgan fingerprint density at radius 1 is 1.06 bits per heavy atom. The Hall–Kier alpha value is -1.86. The van der Waals surface area contributed by atoms with Crippen LogP contribution in [0.25, 0.3) is 0 Å². The molecule has 3 aromatic rings. The summed E-state index contributed by atoms with van der Waals surface area (Å²) in [6.07, 6.45) is 1.70. The van der Waals surface area contributed by atoms with Crippen LogP contribution in [0.1, 0.15) is 45.5 Å². The Bertz CT molecular complexity index is 1160. The van der Waals surface area contributed by atoms with E-state index in [4.69, 9.17) is 4.74 Å². The van der Waals surface area contributed by atoms with Gasteiger partial charge in [-0.25, -0.2) is 0 Å². The van der Waals surface area contributed by atoms with E-state index in [1.54, 1.807) is 7.11 Å². The highest BCUT2D eigenvalue weighted by Crippen LogP contribution is 2.53. The van der Waals surface area contributed by atoms with Gasteiger partial charge in [-0.15, -0.1) is 0 Å². The fraction of sp³-hybridized carbons (Fsp3) is 0.280. The summed E-state index contributed by atoms with van der Waals surface area (Å²) in [5.74, 6) is 0.687. The molecule has 2 aliphatic heterocycles. The fourth-order valence-electron chi connectivity index (χ4n) is 5.14. The van der Waals surface area contributed by atoms with E-state index in [-0.39, 0.29) is 24.4 Å². The number of ether oxygens (including phenoxy) is 1. The van der Waals surface area contributed by atoms with Crippen LogP contribution in [0, 0.1) is 0 Å². The van der Waals surface area contributed by atoms with Crippen LogP contribution in [-0.4, -0.2) is 28.8 Å². The predicted octanol–water partition coefficient (Wildman–Crippen LogP) is 5.66. The molecule has 0 amide bonds. The zero-order valence-electron chi connectivity index (χ0n) is 17.1. The minimum Gasteiger partial charge on any atom is -0.504 e. The number of hydrogen-bond acceptors (Lipinski definition) is 4. The number of aromatic hydroxyl groups is 1. The standard InChI is InChI=1S/C25H23Br2NO3/c1-31-22-12-20(27)18-11-21-16-7-6-14(13-29)10-15(16)8-9-28(21)24(23(18)25(22)30)17-4-2-3-5-19(17)26/h2-7,10,12,21,24,29-30H,8-9,11,13H2,1H3/t21-,24-/m0/s1. The van der Waals surface area contributed by atoms with Gasteiger partial charge in [-0.05, 0) is 52.8 Å². The number of aliphatic hydroxyl groups excluding tert-OH is 1. The van der Waals surface area contributed by atoms with E-state index in [2.05, 4.69) is 61.0 Å². The summed E-state index contributed by atoms with van der Waals surface area (Å²) in [5.41, 5.74) is 6.70. The molecule has 0 aromatic heterocycles. The number of halogens is 2. The lowest BCUT2D eigenvalue weighted by Gasteiger charge is -2.47. The van der Waals surface area contributed by atoms with Gasteiger partial charge in [0.15, 0.2) is 11.5 Å². The Kier molecular flexibility index (Phi) is 5.59. The van der Waals surface area contributed by atoms with Crippen LogP contribution < -0.4 is 4.74 Å². The number of phenolic OH excluding ortho intramolecular Hbond substituents is 1. The first-order valence-corrected chi connectivity index (χ1v) is 11.9. The maximum atomic E-state index is 11.2. The molecule has 2 atom stereocenters. The van der Waals surface area contributed by atoms with Crippen molar-refractivity contribution in [3.63, 3.8) is 0 Å². The molecule has 0 radical (unpaired) electrons. The highest BCUT2D eigenvalue weighted by atomic mass is 79.9. The van der Waals surface area contributed by atoms with Crippen molar-refractivity contribution in [3.8, 4) is 11.5 Å². The number of nitrogens with zero attached hydrogens (tertiary/aromatic N) is 1. The molecular weight excluding hydrogens is 522 g/mol. The average Bonchev–Trinajstić information content (AvgIpc) is 2.80. The van der Waals surface area contributed by atoms with Crippen LogP contribution in [0.15, 0.2) is 57.5 Å². The maximum absolute atomic E-state index is 11.2. The van der Waals surface area contributed by atoms with Crippen molar-refractivity contribution >= 4 is 31.9 Å². The summed E-state index contributed by atoms with van der Waals surface area (Å²) in [4.78, 5) is 2.50. The zero-order chi connectivity index (χ0) is 21.7. The smallest absolute Gasteiger partial charge is 0.163 e. The van der Waals surface area contributed by atoms with Gasteiger partial charge in [0.25, 0.3) is 0 Å². The van der Waals surface area contributed by atoms with Crippen LogP contribution in [0.4, 0.5) is 0 Å². The molecule has 0 aliphatic carbocycles. The van der Waals surface area contributed by atoms with Gasteiger partial charge in [0.2, 0.25) is 0 Å². The largest absolute Gasteiger partial charge is 0.504 e. The van der Waals surface area contributed by atoms with Gasteiger partial charge in [0.1, 0.15) is 0 Å². The molecule has 0 saturated heterocycles. The second-order valence-electron chi connectivity index (χ2n) is 8.12. The number of rotatable bonds is 3. The Labute approximate surface area is 198 Å². The predicted molar refractivity (Wildman–Crippen MR) is 128 cm³/mol. The van der Waals surface area contributed by atoms with Crippen LogP contribution in [0.5, 0.6) is 11.5 Å². The van der Waals surface area contributed by atoms with Gasteiger partial charge in [0, 0.05) is 27.1 Å². The molecule has 2 heterocycles. The van der Waals surface area contributed by atoms with Gasteiger partial charge in [-0.2, -0.15) is 0 Å². The summed E-state index contributed by atoms with van der Waals surface area (Å²) >= 11 is 7.50. The van der Waals surface area contributed by atoms with Crippen molar-refractivity contribution in [2.24, 2.45) is 0 Å². The third-order valence-corrected chi connectivity index (χ3v) is 8.00. The van der Waals surface area contributed by atoms with E-state index in [9.17, 15) is 10.2 Å². The normalized spacial score (nSPS) is 20.0. The molecule has 6 heteroatoms. The lowest BCUT2D eigenvalue weighted by atomic mass is 9.78. The highest BCUT2D eigenvalue weighted by Gasteiger charge is 2.42. The maximum Gasteiger partial charge on any atom is 0.163 e. The molecule has 5 rings (SSSR count). The summed E-state index contributed by atoms with van der Waals surface area (Å²) in [5, 5.41) is 20.8. The molecule has 3 aromatic carbocycles. The van der Waals surface area contributed by atoms with Crippen molar-refractivity contribution in [2.75, 3.05) is 13.7 Å². The Morgan fingerprint density at radius 2 is 1.87 bits per heavy atom. The number of aliphatic hydroxyl groups is 1. The third kappa shape index (κ3) is 3.41. The lowest BCUT2D eigenvalue weighted by molar-refractivity contribution is 0.125. The number of phenols is 1. The molecule has 0 spiro atoms. The fourth-order valence-corrected chi connectivity index (χ4v) is 6.23. The highest BCUT2D eigenvalue weighted by molar-refractivity contribution is 9.10. The molecular formula is C25H23Br2NO3. The molecule has 2 N–H and O–H groups in total. The summed E-state index contributed by atoms with van der Waals surface area (Å²) in [6.45, 7) is 0.926. The quantitative estimate of drug-likeness (QED) is 0.446. The average molecular weight is 545 g/mol. The van der Waals surface area contributed by atoms with Crippen molar-refractivity contribution in [1.29, 1.82) is 0 Å². The van der Waals surface area contributed by atoms with Crippen molar-refractivity contribution in [3.05, 3.63) is 90.9 Å². The molecule has 2 aliphatic rings. The molecule has 0 bridgehead atoms. The van der Waals surface area contributed by atoms with E-state index in [0.29, 0.717) is 5.75 Å². The lowest BCUT2D eigenvalue weighted by Crippen LogP contribution is -2.43. The first kappa shape index (κ1) is 21.0. The van der Waals surface area contributed by atoms with Crippen LogP contribution >= 0.6 is 31.9 Å². The molecule has 4 nitrogen and oxygen atoms in total. The van der Waals surface area contributed by atoms with Gasteiger partial charge in [-0.1, -0.05) is 68.3 Å². The first-order valence-electron chi connectivity index (χ1n) is 10.3. The SMILES string of the molecule is COc1cc(Br)c2c(c1O)[C@H](c1ccccc1Br)N1CCc3cc(CO)ccc3[C@@H]1C2. The number of hydrogen-bond donors (Lipinski definition) is 2. The summed E-state index contributed by atoms with van der Waals surface area (Å²) < 4.78 is 7.46. The minimum atomic E-state index is -0.110. The molecule has 0 fully saturated rings. The third-order valence-electron chi connectivity index (χ3n) is 6.57.